The van der Waals surface area contributed by atoms with Crippen LogP contribution in [0.5, 0.6) is 0 Å². The van der Waals surface area contributed by atoms with Crippen LogP contribution in [-0.4, -0.2) is 29.5 Å². The van der Waals surface area contributed by atoms with Gasteiger partial charge in [-0.05, 0) is 24.1 Å². The fourth-order valence-electron chi connectivity index (χ4n) is 3.14. The van der Waals surface area contributed by atoms with Gasteiger partial charge >= 0.3 is 5.69 Å². The van der Waals surface area contributed by atoms with Crippen LogP contribution in [0.2, 0.25) is 0 Å². The number of carbonyl (C=O) groups excluding carboxylic acids is 1. The third kappa shape index (κ3) is 5.40. The van der Waals surface area contributed by atoms with Crippen molar-refractivity contribution in [3.8, 4) is 0 Å². The molecule has 0 fully saturated rings. The summed E-state index contributed by atoms with van der Waals surface area (Å²) in [7, 11) is -1.10. The Balaban J connectivity index is 1.84. The Morgan fingerprint density at radius 1 is 0.938 bits per heavy atom. The minimum atomic E-state index is -3.95. The van der Waals surface area contributed by atoms with Crippen LogP contribution < -0.4 is 21.3 Å². The number of nitrogens with one attached hydrogen (secondary N) is 2. The molecule has 10 heteroatoms. The van der Waals surface area contributed by atoms with Crippen molar-refractivity contribution < 1.29 is 13.2 Å². The SMILES string of the molecule is Cn1c(CNC(=O)[C@@H](Cc2ccccc2)NS(=O)(=O)c2ccccc2)cc(=O)n(C)c1=O. The van der Waals surface area contributed by atoms with E-state index in [0.29, 0.717) is 5.69 Å². The molecular formula is C22H24N4O5S. The molecule has 1 amide bonds. The second-order valence-corrected chi connectivity index (χ2v) is 8.98. The molecule has 168 valence electrons. The quantitative estimate of drug-likeness (QED) is 0.505. The summed E-state index contributed by atoms with van der Waals surface area (Å²) in [6, 6.07) is 16.9. The highest BCUT2D eigenvalue weighted by molar-refractivity contribution is 7.89. The Morgan fingerprint density at radius 3 is 2.16 bits per heavy atom. The molecule has 0 saturated carbocycles. The van der Waals surface area contributed by atoms with Crippen LogP contribution in [0.25, 0.3) is 0 Å². The standard InChI is InChI=1S/C22H24N4O5S/c1-25-17(14-20(27)26(2)22(25)29)15-23-21(28)19(13-16-9-5-3-6-10-16)24-32(30,31)18-11-7-4-8-12-18/h3-12,14,19,24H,13,15H2,1-2H3,(H,23,28)/t19-/m1/s1. The molecule has 0 unspecified atom stereocenters. The Hall–Kier alpha value is -3.50. The van der Waals surface area contributed by atoms with Crippen LogP contribution >= 0.6 is 0 Å². The number of benzene rings is 2. The first-order valence-corrected chi connectivity index (χ1v) is 11.3. The molecule has 0 radical (unpaired) electrons. The average Bonchev–Trinajstić information content (AvgIpc) is 2.79. The maximum atomic E-state index is 13.0. The Kier molecular flexibility index (Phi) is 7.06. The Bertz CT molecular complexity index is 1320. The van der Waals surface area contributed by atoms with Gasteiger partial charge in [0.05, 0.1) is 11.4 Å². The van der Waals surface area contributed by atoms with Crippen LogP contribution in [0, 0.1) is 0 Å². The van der Waals surface area contributed by atoms with E-state index < -0.39 is 33.2 Å². The molecule has 2 aromatic carbocycles. The molecule has 32 heavy (non-hydrogen) atoms. The van der Waals surface area contributed by atoms with Gasteiger partial charge in [0.1, 0.15) is 6.04 Å². The second kappa shape index (κ2) is 9.75. The van der Waals surface area contributed by atoms with Gasteiger partial charge in [0.2, 0.25) is 15.9 Å². The van der Waals surface area contributed by atoms with Crippen molar-refractivity contribution in [1.29, 1.82) is 0 Å². The van der Waals surface area contributed by atoms with Gasteiger partial charge in [-0.3, -0.25) is 18.7 Å². The van der Waals surface area contributed by atoms with Crippen LogP contribution in [0.1, 0.15) is 11.3 Å². The lowest BCUT2D eigenvalue weighted by molar-refractivity contribution is -0.122. The molecular weight excluding hydrogens is 432 g/mol. The van der Waals surface area contributed by atoms with E-state index in [1.165, 1.54) is 36.9 Å². The smallest absolute Gasteiger partial charge is 0.330 e. The summed E-state index contributed by atoms with van der Waals surface area (Å²) in [5.41, 5.74) is 0.0514. The predicted octanol–water partition coefficient (Wildman–Crippen LogP) is 0.290. The van der Waals surface area contributed by atoms with Gasteiger partial charge in [-0.1, -0.05) is 48.5 Å². The second-order valence-electron chi connectivity index (χ2n) is 7.27. The first kappa shape index (κ1) is 23.2. The molecule has 0 aliphatic carbocycles. The molecule has 3 aromatic rings. The summed E-state index contributed by atoms with van der Waals surface area (Å²) >= 11 is 0. The van der Waals surface area contributed by atoms with E-state index >= 15 is 0 Å². The topological polar surface area (TPSA) is 119 Å². The Morgan fingerprint density at radius 2 is 1.53 bits per heavy atom. The van der Waals surface area contributed by atoms with E-state index in [0.717, 1.165) is 10.1 Å². The van der Waals surface area contributed by atoms with Crippen molar-refractivity contribution in [2.24, 2.45) is 14.1 Å². The number of amides is 1. The first-order chi connectivity index (χ1) is 15.2. The molecule has 2 N–H and O–H groups in total. The van der Waals surface area contributed by atoms with E-state index in [9.17, 15) is 22.8 Å². The molecule has 1 aromatic heterocycles. The molecule has 1 heterocycles. The summed E-state index contributed by atoms with van der Waals surface area (Å²) in [5.74, 6) is -0.582. The molecule has 3 rings (SSSR count). The van der Waals surface area contributed by atoms with E-state index in [4.69, 9.17) is 0 Å². The van der Waals surface area contributed by atoms with Crippen molar-refractivity contribution in [2.45, 2.75) is 23.9 Å². The molecule has 9 nitrogen and oxygen atoms in total. The number of sulfonamides is 1. The first-order valence-electron chi connectivity index (χ1n) is 9.84. The summed E-state index contributed by atoms with van der Waals surface area (Å²) in [5, 5.41) is 2.63. The third-order valence-electron chi connectivity index (χ3n) is 5.02. The predicted molar refractivity (Wildman–Crippen MR) is 119 cm³/mol. The normalized spacial score (nSPS) is 12.3. The van der Waals surface area contributed by atoms with Gasteiger partial charge < -0.3 is 5.32 Å². The average molecular weight is 457 g/mol. The zero-order valence-electron chi connectivity index (χ0n) is 17.7. The fourth-order valence-corrected chi connectivity index (χ4v) is 4.36. The van der Waals surface area contributed by atoms with Crippen LogP contribution in [0.3, 0.4) is 0 Å². The highest BCUT2D eigenvalue weighted by Crippen LogP contribution is 2.11. The van der Waals surface area contributed by atoms with Gasteiger partial charge in [-0.15, -0.1) is 0 Å². The molecule has 0 aliphatic heterocycles. The highest BCUT2D eigenvalue weighted by atomic mass is 32.2. The minimum Gasteiger partial charge on any atom is -0.349 e. The number of nitrogens with zero attached hydrogens (tertiary/aromatic N) is 2. The summed E-state index contributed by atoms with van der Waals surface area (Å²) < 4.78 is 30.3. The maximum absolute atomic E-state index is 13.0. The third-order valence-corrected chi connectivity index (χ3v) is 6.51. The fraction of sp³-hybridized carbons (Fsp3) is 0.227. The van der Waals surface area contributed by atoms with Crippen molar-refractivity contribution >= 4 is 15.9 Å². The lowest BCUT2D eigenvalue weighted by atomic mass is 10.1. The summed E-state index contributed by atoms with van der Waals surface area (Å²) in [6.07, 6.45) is 0.119. The van der Waals surface area contributed by atoms with Crippen LogP contribution in [0.4, 0.5) is 0 Å². The van der Waals surface area contributed by atoms with Crippen molar-refractivity contribution in [1.82, 2.24) is 19.2 Å². The number of rotatable bonds is 8. The highest BCUT2D eigenvalue weighted by Gasteiger charge is 2.26. The molecule has 0 saturated heterocycles. The van der Waals surface area contributed by atoms with Gasteiger partial charge in [-0.2, -0.15) is 4.72 Å². The molecule has 0 bridgehead atoms. The molecule has 0 aliphatic rings. The Labute approximate surface area is 185 Å². The molecule has 0 spiro atoms. The van der Waals surface area contributed by atoms with Crippen LogP contribution in [-0.2, 0) is 41.9 Å². The number of hydrogen-bond donors (Lipinski definition) is 2. The lowest BCUT2D eigenvalue weighted by Crippen LogP contribution is -2.48. The zero-order chi connectivity index (χ0) is 23.3. The summed E-state index contributed by atoms with van der Waals surface area (Å²) in [4.78, 5) is 37.0. The van der Waals surface area contributed by atoms with E-state index in [-0.39, 0.29) is 17.9 Å². The molecule has 1 atom stereocenters. The monoisotopic (exact) mass is 456 g/mol. The van der Waals surface area contributed by atoms with Gasteiger partial charge in [0, 0.05) is 25.9 Å². The zero-order valence-corrected chi connectivity index (χ0v) is 18.5. The van der Waals surface area contributed by atoms with Gasteiger partial charge in [0.25, 0.3) is 5.56 Å². The number of hydrogen-bond acceptors (Lipinski definition) is 5. The van der Waals surface area contributed by atoms with E-state index in [1.807, 2.05) is 6.07 Å². The van der Waals surface area contributed by atoms with Crippen molar-refractivity contribution in [3.63, 3.8) is 0 Å². The van der Waals surface area contributed by atoms with Gasteiger partial charge in [0.15, 0.2) is 0 Å². The number of aromatic nitrogens is 2. The largest absolute Gasteiger partial charge is 0.349 e. The van der Waals surface area contributed by atoms with Gasteiger partial charge in [-0.25, -0.2) is 13.2 Å². The van der Waals surface area contributed by atoms with E-state index in [2.05, 4.69) is 10.0 Å². The minimum absolute atomic E-state index is 0.0415. The number of carbonyl (C=O) groups is 1. The van der Waals surface area contributed by atoms with E-state index in [1.54, 1.807) is 42.5 Å². The lowest BCUT2D eigenvalue weighted by Gasteiger charge is -2.19. The van der Waals surface area contributed by atoms with Crippen molar-refractivity contribution in [3.05, 3.63) is 98.8 Å². The maximum Gasteiger partial charge on any atom is 0.330 e. The van der Waals surface area contributed by atoms with Crippen molar-refractivity contribution in [2.75, 3.05) is 0 Å². The summed E-state index contributed by atoms with van der Waals surface area (Å²) in [6.45, 7) is -0.112. The van der Waals surface area contributed by atoms with Crippen LogP contribution in [0.15, 0.2) is 81.2 Å².